The van der Waals surface area contributed by atoms with Crippen LogP contribution in [-0.2, 0) is 21.2 Å². The first-order valence-electron chi connectivity index (χ1n) is 7.73. The Bertz CT molecular complexity index is 1010. The molecule has 0 radical (unpaired) electrons. The van der Waals surface area contributed by atoms with Crippen LogP contribution in [0, 0.1) is 0 Å². The fourth-order valence-corrected chi connectivity index (χ4v) is 3.11. The summed E-state index contributed by atoms with van der Waals surface area (Å²) in [5.74, 6) is -0.131. The lowest BCUT2D eigenvalue weighted by atomic mass is 10.1. The van der Waals surface area contributed by atoms with E-state index in [1.54, 1.807) is 24.3 Å². The minimum Gasteiger partial charge on any atom is -0.361 e. The second-order valence-corrected chi connectivity index (χ2v) is 7.88. The van der Waals surface area contributed by atoms with Crippen molar-refractivity contribution in [1.82, 2.24) is 4.98 Å². The lowest BCUT2D eigenvalue weighted by molar-refractivity contribution is -0.115. The number of benzene rings is 2. The number of carbonyl (C=O) groups excluding carboxylic acids is 1. The van der Waals surface area contributed by atoms with Crippen LogP contribution in [0.25, 0.3) is 10.9 Å². The maximum absolute atomic E-state index is 12.3. The highest BCUT2D eigenvalue weighted by molar-refractivity contribution is 7.92. The SMILES string of the molecule is CN(c1ccc(NC(=O)Cc2c[nH]c3ccccc23)cc1)S(C)(=O)=O. The van der Waals surface area contributed by atoms with Crippen molar-refractivity contribution in [3.05, 3.63) is 60.3 Å². The summed E-state index contributed by atoms with van der Waals surface area (Å²) in [6, 6.07) is 14.5. The average Bonchev–Trinajstić information content (AvgIpc) is 2.97. The summed E-state index contributed by atoms with van der Waals surface area (Å²) in [5.41, 5.74) is 3.09. The van der Waals surface area contributed by atoms with Crippen molar-refractivity contribution in [2.24, 2.45) is 0 Å². The summed E-state index contributed by atoms with van der Waals surface area (Å²) in [6.45, 7) is 0. The van der Waals surface area contributed by atoms with Gasteiger partial charge >= 0.3 is 0 Å². The number of fused-ring (bicyclic) bond motifs is 1. The van der Waals surface area contributed by atoms with Crippen LogP contribution in [0.2, 0.25) is 0 Å². The van der Waals surface area contributed by atoms with Crippen molar-refractivity contribution in [2.75, 3.05) is 22.9 Å². The van der Waals surface area contributed by atoms with Gasteiger partial charge in [0.25, 0.3) is 0 Å². The van der Waals surface area contributed by atoms with E-state index in [0.29, 0.717) is 11.4 Å². The third-order valence-corrected chi connectivity index (χ3v) is 5.24. The van der Waals surface area contributed by atoms with Gasteiger partial charge in [-0.05, 0) is 35.9 Å². The third-order valence-electron chi connectivity index (χ3n) is 4.04. The number of para-hydroxylation sites is 1. The smallest absolute Gasteiger partial charge is 0.231 e. The van der Waals surface area contributed by atoms with E-state index in [1.165, 1.54) is 11.4 Å². The topological polar surface area (TPSA) is 82.3 Å². The predicted molar refractivity (Wildman–Crippen MR) is 100 cm³/mol. The van der Waals surface area contributed by atoms with Gasteiger partial charge in [0, 0.05) is 29.8 Å². The third kappa shape index (κ3) is 3.83. The standard InChI is InChI=1S/C18H19N3O3S/c1-21(25(2,23)24)15-9-7-14(8-10-15)20-18(22)11-13-12-19-17-6-4-3-5-16(13)17/h3-10,12,19H,11H2,1-2H3,(H,20,22). The number of rotatable bonds is 5. The van der Waals surface area contributed by atoms with Crippen molar-refractivity contribution >= 4 is 38.2 Å². The van der Waals surface area contributed by atoms with E-state index in [1.807, 2.05) is 30.5 Å². The molecule has 1 aromatic heterocycles. The van der Waals surface area contributed by atoms with Gasteiger partial charge in [0.15, 0.2) is 0 Å². The number of nitrogens with one attached hydrogen (secondary N) is 2. The molecule has 0 saturated heterocycles. The number of amides is 1. The molecule has 0 atom stereocenters. The molecule has 6 nitrogen and oxygen atoms in total. The maximum atomic E-state index is 12.3. The van der Waals surface area contributed by atoms with Gasteiger partial charge in [-0.15, -0.1) is 0 Å². The van der Waals surface area contributed by atoms with E-state index >= 15 is 0 Å². The van der Waals surface area contributed by atoms with E-state index < -0.39 is 10.0 Å². The van der Waals surface area contributed by atoms with Crippen molar-refractivity contribution < 1.29 is 13.2 Å². The Morgan fingerprint density at radius 1 is 1.12 bits per heavy atom. The second kappa shape index (κ2) is 6.60. The van der Waals surface area contributed by atoms with Gasteiger partial charge in [0.05, 0.1) is 18.4 Å². The van der Waals surface area contributed by atoms with Crippen LogP contribution in [-0.4, -0.2) is 32.6 Å². The number of anilines is 2. The average molecular weight is 357 g/mol. The van der Waals surface area contributed by atoms with Crippen LogP contribution in [0.1, 0.15) is 5.56 Å². The molecule has 1 heterocycles. The van der Waals surface area contributed by atoms with Crippen LogP contribution >= 0.6 is 0 Å². The fourth-order valence-electron chi connectivity index (χ4n) is 2.60. The summed E-state index contributed by atoms with van der Waals surface area (Å²) in [7, 11) is -1.82. The van der Waals surface area contributed by atoms with Gasteiger partial charge in [-0.3, -0.25) is 9.10 Å². The lowest BCUT2D eigenvalue weighted by Gasteiger charge is -2.16. The van der Waals surface area contributed by atoms with Gasteiger partial charge in [0.1, 0.15) is 0 Å². The zero-order chi connectivity index (χ0) is 18.0. The van der Waals surface area contributed by atoms with E-state index in [4.69, 9.17) is 0 Å². The van der Waals surface area contributed by atoms with Gasteiger partial charge in [-0.1, -0.05) is 18.2 Å². The summed E-state index contributed by atoms with van der Waals surface area (Å²) >= 11 is 0. The molecule has 1 amide bonds. The number of H-pyrrole nitrogens is 1. The van der Waals surface area contributed by atoms with Crippen LogP contribution in [0.3, 0.4) is 0 Å². The molecule has 0 aliphatic carbocycles. The molecule has 2 aromatic carbocycles. The molecule has 2 N–H and O–H groups in total. The zero-order valence-electron chi connectivity index (χ0n) is 14.0. The molecule has 0 aliphatic heterocycles. The first kappa shape index (κ1) is 17.0. The van der Waals surface area contributed by atoms with Gasteiger partial charge < -0.3 is 10.3 Å². The highest BCUT2D eigenvalue weighted by Crippen LogP contribution is 2.21. The molecule has 0 spiro atoms. The number of hydrogen-bond donors (Lipinski definition) is 2. The molecule has 7 heteroatoms. The summed E-state index contributed by atoms with van der Waals surface area (Å²) in [6.07, 6.45) is 3.24. The van der Waals surface area contributed by atoms with Gasteiger partial charge in [0.2, 0.25) is 15.9 Å². The number of hydrogen-bond acceptors (Lipinski definition) is 3. The summed E-state index contributed by atoms with van der Waals surface area (Å²) in [4.78, 5) is 15.4. The molecule has 0 fully saturated rings. The van der Waals surface area contributed by atoms with Gasteiger partial charge in [-0.25, -0.2) is 8.42 Å². The maximum Gasteiger partial charge on any atom is 0.231 e. The zero-order valence-corrected chi connectivity index (χ0v) is 14.8. The van der Waals surface area contributed by atoms with Crippen LogP contribution in [0.15, 0.2) is 54.7 Å². The Morgan fingerprint density at radius 2 is 1.80 bits per heavy atom. The number of nitrogens with zero attached hydrogens (tertiary/aromatic N) is 1. The number of sulfonamides is 1. The van der Waals surface area contributed by atoms with Crippen molar-refractivity contribution in [2.45, 2.75) is 6.42 Å². The van der Waals surface area contributed by atoms with Crippen molar-refractivity contribution in [3.8, 4) is 0 Å². The fraction of sp³-hybridized carbons (Fsp3) is 0.167. The van der Waals surface area contributed by atoms with Crippen LogP contribution in [0.4, 0.5) is 11.4 Å². The quantitative estimate of drug-likeness (QED) is 0.737. The highest BCUT2D eigenvalue weighted by atomic mass is 32.2. The largest absolute Gasteiger partial charge is 0.361 e. The molecule has 3 rings (SSSR count). The monoisotopic (exact) mass is 357 g/mol. The number of carbonyl (C=O) groups is 1. The molecule has 3 aromatic rings. The molecule has 130 valence electrons. The Hall–Kier alpha value is -2.80. The highest BCUT2D eigenvalue weighted by Gasteiger charge is 2.12. The minimum absolute atomic E-state index is 0.131. The first-order chi connectivity index (χ1) is 11.8. The molecular formula is C18H19N3O3S. The number of aromatic amines is 1. The van der Waals surface area contributed by atoms with Crippen LogP contribution in [0.5, 0.6) is 0 Å². The first-order valence-corrected chi connectivity index (χ1v) is 9.58. The van der Waals surface area contributed by atoms with E-state index in [-0.39, 0.29) is 12.3 Å². The van der Waals surface area contributed by atoms with E-state index in [9.17, 15) is 13.2 Å². The summed E-state index contributed by atoms with van der Waals surface area (Å²) < 4.78 is 24.2. The minimum atomic E-state index is -3.30. The molecular weight excluding hydrogens is 338 g/mol. The lowest BCUT2D eigenvalue weighted by Crippen LogP contribution is -2.24. The molecule has 0 aliphatic rings. The molecule has 25 heavy (non-hydrogen) atoms. The summed E-state index contributed by atoms with van der Waals surface area (Å²) in [5, 5.41) is 3.86. The normalized spacial score (nSPS) is 11.4. The Balaban J connectivity index is 1.69. The Labute approximate surface area is 146 Å². The molecule has 0 bridgehead atoms. The van der Waals surface area contributed by atoms with Crippen molar-refractivity contribution in [3.63, 3.8) is 0 Å². The second-order valence-electron chi connectivity index (χ2n) is 5.86. The van der Waals surface area contributed by atoms with Crippen LogP contribution < -0.4 is 9.62 Å². The van der Waals surface area contributed by atoms with E-state index in [2.05, 4.69) is 10.3 Å². The number of aromatic nitrogens is 1. The molecule has 0 unspecified atom stereocenters. The molecule has 0 saturated carbocycles. The Morgan fingerprint density at radius 3 is 2.48 bits per heavy atom. The van der Waals surface area contributed by atoms with E-state index in [0.717, 1.165) is 22.7 Å². The Kier molecular flexibility index (Phi) is 4.50. The van der Waals surface area contributed by atoms with Crippen molar-refractivity contribution in [1.29, 1.82) is 0 Å². The predicted octanol–water partition coefficient (Wildman–Crippen LogP) is 2.74. The van der Waals surface area contributed by atoms with Gasteiger partial charge in [-0.2, -0.15) is 0 Å².